The minimum Gasteiger partial charge on any atom is -0.393 e. The van der Waals surface area contributed by atoms with Gasteiger partial charge in [0.1, 0.15) is 0 Å². The van der Waals surface area contributed by atoms with E-state index in [-0.39, 0.29) is 18.6 Å². The van der Waals surface area contributed by atoms with Crippen LogP contribution in [0.4, 0.5) is 13.2 Å². The summed E-state index contributed by atoms with van der Waals surface area (Å²) in [5.41, 5.74) is -0.802. The predicted octanol–water partition coefficient (Wildman–Crippen LogP) is 1.85. The van der Waals surface area contributed by atoms with E-state index in [4.69, 9.17) is 0 Å². The number of aromatic nitrogens is 3. The van der Waals surface area contributed by atoms with Crippen molar-refractivity contribution in [2.24, 2.45) is 5.92 Å². The molecule has 1 aromatic rings. The van der Waals surface area contributed by atoms with E-state index in [0.717, 1.165) is 23.7 Å². The largest absolute Gasteiger partial charge is 0.434 e. The van der Waals surface area contributed by atoms with Crippen LogP contribution in [-0.2, 0) is 12.7 Å². The van der Waals surface area contributed by atoms with Gasteiger partial charge in [0, 0.05) is 6.54 Å². The molecule has 0 amide bonds. The van der Waals surface area contributed by atoms with Gasteiger partial charge < -0.3 is 5.11 Å². The number of halogens is 3. The Morgan fingerprint density at radius 1 is 1.29 bits per heavy atom. The number of hydrogen-bond donors (Lipinski definition) is 1. The Morgan fingerprint density at radius 3 is 2.53 bits per heavy atom. The summed E-state index contributed by atoms with van der Waals surface area (Å²) in [5.74, 6) is 0.140. The summed E-state index contributed by atoms with van der Waals surface area (Å²) in [4.78, 5) is 0. The predicted molar refractivity (Wildman–Crippen MR) is 53.0 cm³/mol. The van der Waals surface area contributed by atoms with Gasteiger partial charge in [0.15, 0.2) is 5.69 Å². The van der Waals surface area contributed by atoms with Crippen LogP contribution < -0.4 is 0 Å². The maximum absolute atomic E-state index is 12.6. The first-order valence-electron chi connectivity index (χ1n) is 5.60. The number of aliphatic hydroxyl groups excluding tert-OH is 1. The van der Waals surface area contributed by atoms with Crippen LogP contribution in [0.2, 0.25) is 0 Å². The molecule has 1 aromatic heterocycles. The van der Waals surface area contributed by atoms with E-state index in [1.165, 1.54) is 0 Å². The summed E-state index contributed by atoms with van der Waals surface area (Å²) in [7, 11) is 0. The molecule has 0 spiro atoms. The third kappa shape index (κ3) is 2.96. The van der Waals surface area contributed by atoms with E-state index in [9.17, 15) is 18.3 Å². The molecule has 4 nitrogen and oxygen atoms in total. The fourth-order valence-electron chi connectivity index (χ4n) is 2.18. The van der Waals surface area contributed by atoms with Crippen molar-refractivity contribution in [3.63, 3.8) is 0 Å². The van der Waals surface area contributed by atoms with Gasteiger partial charge in [-0.15, -0.1) is 5.10 Å². The van der Waals surface area contributed by atoms with Crippen molar-refractivity contribution < 1.29 is 18.3 Å². The molecule has 1 N–H and O–H groups in total. The lowest BCUT2D eigenvalue weighted by atomic mass is 9.87. The minimum absolute atomic E-state index is 0.140. The van der Waals surface area contributed by atoms with Crippen molar-refractivity contribution >= 4 is 0 Å². The van der Waals surface area contributed by atoms with Crippen molar-refractivity contribution in [1.82, 2.24) is 15.0 Å². The van der Waals surface area contributed by atoms with Crippen LogP contribution >= 0.6 is 0 Å². The Hall–Kier alpha value is -1.11. The van der Waals surface area contributed by atoms with Crippen molar-refractivity contribution in [1.29, 1.82) is 0 Å². The van der Waals surface area contributed by atoms with E-state index in [2.05, 4.69) is 10.3 Å². The van der Waals surface area contributed by atoms with Gasteiger partial charge in [-0.1, -0.05) is 5.21 Å². The lowest BCUT2D eigenvalue weighted by Gasteiger charge is -2.25. The first kappa shape index (κ1) is 12.3. The summed E-state index contributed by atoms with van der Waals surface area (Å²) in [6, 6.07) is 0. The molecular weight excluding hydrogens is 235 g/mol. The van der Waals surface area contributed by atoms with Crippen LogP contribution in [0.3, 0.4) is 0 Å². The molecule has 1 heterocycles. The molecule has 1 saturated carbocycles. The van der Waals surface area contributed by atoms with Gasteiger partial charge in [0.2, 0.25) is 0 Å². The van der Waals surface area contributed by atoms with Gasteiger partial charge in [0.05, 0.1) is 12.3 Å². The maximum atomic E-state index is 12.6. The van der Waals surface area contributed by atoms with Crippen LogP contribution in [0.25, 0.3) is 0 Å². The molecule has 1 aliphatic carbocycles. The number of nitrogens with zero attached hydrogens (tertiary/aromatic N) is 3. The van der Waals surface area contributed by atoms with Gasteiger partial charge >= 0.3 is 6.18 Å². The first-order chi connectivity index (χ1) is 7.97. The monoisotopic (exact) mass is 249 g/mol. The Bertz CT molecular complexity index is 369. The third-order valence-electron chi connectivity index (χ3n) is 3.16. The van der Waals surface area contributed by atoms with Crippen molar-refractivity contribution in [2.75, 3.05) is 0 Å². The van der Waals surface area contributed by atoms with Crippen molar-refractivity contribution in [3.05, 3.63) is 11.9 Å². The van der Waals surface area contributed by atoms with E-state index in [1.54, 1.807) is 0 Å². The molecule has 0 bridgehead atoms. The molecule has 0 radical (unpaired) electrons. The van der Waals surface area contributed by atoms with Crippen LogP contribution in [0.5, 0.6) is 0 Å². The first-order valence-corrected chi connectivity index (χ1v) is 5.60. The standard InChI is InChI=1S/C10H14F3N3O/c11-10(12,13)9-5-14-15-16(9)6-7-1-3-8(17)4-2-7/h5,7-8,17H,1-4,6H2. The normalized spacial score (nSPS) is 26.1. The summed E-state index contributed by atoms with van der Waals surface area (Å²) in [6.07, 6.45) is -1.18. The number of hydrogen-bond acceptors (Lipinski definition) is 3. The topological polar surface area (TPSA) is 50.9 Å². The molecule has 0 atom stereocenters. The molecular formula is C10H14F3N3O. The van der Waals surface area contributed by atoms with Crippen LogP contribution in [0, 0.1) is 5.92 Å². The quantitative estimate of drug-likeness (QED) is 0.870. The minimum atomic E-state index is -4.41. The zero-order valence-corrected chi connectivity index (χ0v) is 9.19. The Kier molecular flexibility index (Phi) is 3.37. The van der Waals surface area contributed by atoms with Gasteiger partial charge in [0.25, 0.3) is 0 Å². The van der Waals surface area contributed by atoms with E-state index in [1.807, 2.05) is 0 Å². The number of alkyl halides is 3. The van der Waals surface area contributed by atoms with Crippen LogP contribution in [0.1, 0.15) is 31.4 Å². The summed E-state index contributed by atoms with van der Waals surface area (Å²) in [6.45, 7) is 0.224. The zero-order chi connectivity index (χ0) is 12.5. The Labute approximate surface area is 96.4 Å². The second-order valence-corrected chi connectivity index (χ2v) is 4.47. The average molecular weight is 249 g/mol. The summed E-state index contributed by atoms with van der Waals surface area (Å²) < 4.78 is 38.6. The number of rotatable bonds is 2. The summed E-state index contributed by atoms with van der Waals surface area (Å²) in [5, 5.41) is 16.1. The van der Waals surface area contributed by atoms with Gasteiger partial charge in [-0.25, -0.2) is 4.68 Å². The Balaban J connectivity index is 2.02. The second-order valence-electron chi connectivity index (χ2n) is 4.47. The maximum Gasteiger partial charge on any atom is 0.434 e. The van der Waals surface area contributed by atoms with Crippen molar-refractivity contribution in [2.45, 2.75) is 44.5 Å². The lowest BCUT2D eigenvalue weighted by Crippen LogP contribution is -2.24. The second kappa shape index (κ2) is 4.64. The molecule has 1 aliphatic rings. The molecule has 17 heavy (non-hydrogen) atoms. The SMILES string of the molecule is OC1CCC(Cn2nncc2C(F)(F)F)CC1. The highest BCUT2D eigenvalue weighted by Crippen LogP contribution is 2.30. The molecule has 0 saturated heterocycles. The van der Waals surface area contributed by atoms with E-state index in [0.29, 0.717) is 12.8 Å². The highest BCUT2D eigenvalue weighted by atomic mass is 19.4. The van der Waals surface area contributed by atoms with Crippen LogP contribution in [-0.4, -0.2) is 26.2 Å². The molecule has 0 aliphatic heterocycles. The van der Waals surface area contributed by atoms with Gasteiger partial charge in [-0.2, -0.15) is 13.2 Å². The van der Waals surface area contributed by atoms with Crippen LogP contribution in [0.15, 0.2) is 6.20 Å². The molecule has 2 rings (SSSR count). The fourth-order valence-corrected chi connectivity index (χ4v) is 2.18. The Morgan fingerprint density at radius 2 is 1.94 bits per heavy atom. The van der Waals surface area contributed by atoms with Gasteiger partial charge in [-0.05, 0) is 31.6 Å². The third-order valence-corrected chi connectivity index (χ3v) is 3.16. The summed E-state index contributed by atoms with van der Waals surface area (Å²) >= 11 is 0. The lowest BCUT2D eigenvalue weighted by molar-refractivity contribution is -0.144. The van der Waals surface area contributed by atoms with E-state index < -0.39 is 11.9 Å². The average Bonchev–Trinajstić information content (AvgIpc) is 2.69. The smallest absolute Gasteiger partial charge is 0.393 e. The molecule has 0 unspecified atom stereocenters. The fraction of sp³-hybridized carbons (Fsp3) is 0.800. The van der Waals surface area contributed by atoms with Gasteiger partial charge in [-0.3, -0.25) is 0 Å². The highest BCUT2D eigenvalue weighted by Gasteiger charge is 2.36. The zero-order valence-electron chi connectivity index (χ0n) is 9.19. The molecule has 7 heteroatoms. The molecule has 1 fully saturated rings. The van der Waals surface area contributed by atoms with Crippen molar-refractivity contribution in [3.8, 4) is 0 Å². The highest BCUT2D eigenvalue weighted by molar-refractivity contribution is 4.99. The molecule has 0 aromatic carbocycles. The number of aliphatic hydroxyl groups is 1. The molecule has 96 valence electrons. The van der Waals surface area contributed by atoms with E-state index >= 15 is 0 Å².